The van der Waals surface area contributed by atoms with Crippen molar-refractivity contribution in [3.8, 4) is 22.6 Å². The number of fused-ring (bicyclic) bond motifs is 1. The third-order valence-electron chi connectivity index (χ3n) is 3.91. The van der Waals surface area contributed by atoms with Gasteiger partial charge in [-0.05, 0) is 36.4 Å². The Labute approximate surface area is 141 Å². The molecular weight excluding hydrogens is 323 g/mol. The molecule has 0 saturated heterocycles. The summed E-state index contributed by atoms with van der Waals surface area (Å²) in [6.07, 6.45) is 3.04. The minimum absolute atomic E-state index is 0.197. The zero-order valence-electron chi connectivity index (χ0n) is 13.2. The molecule has 3 aromatic heterocycles. The molecule has 0 bridgehead atoms. The number of hydrogen-bond donors (Lipinski definition) is 1. The first-order valence-corrected chi connectivity index (χ1v) is 7.47. The molecule has 0 aliphatic carbocycles. The van der Waals surface area contributed by atoms with Gasteiger partial charge in [0.05, 0.1) is 23.9 Å². The van der Waals surface area contributed by atoms with E-state index in [-0.39, 0.29) is 11.5 Å². The summed E-state index contributed by atoms with van der Waals surface area (Å²) in [6.45, 7) is 0. The summed E-state index contributed by atoms with van der Waals surface area (Å²) in [5.74, 6) is -0.925. The SMILES string of the molecule is Cn1cnc(-c2ccc(F)cc2)c1-c1ccc2ncc(C(N)=O)n2n1. The van der Waals surface area contributed by atoms with Gasteiger partial charge in [-0.25, -0.2) is 18.9 Å². The number of nitrogens with two attached hydrogens (primary N) is 1. The molecule has 0 atom stereocenters. The maximum absolute atomic E-state index is 13.2. The van der Waals surface area contributed by atoms with Gasteiger partial charge in [0.25, 0.3) is 5.91 Å². The van der Waals surface area contributed by atoms with Crippen molar-refractivity contribution in [2.75, 3.05) is 0 Å². The molecule has 1 amide bonds. The molecule has 7 nitrogen and oxygen atoms in total. The lowest BCUT2D eigenvalue weighted by Gasteiger charge is -2.07. The van der Waals surface area contributed by atoms with Gasteiger partial charge in [0.2, 0.25) is 0 Å². The van der Waals surface area contributed by atoms with Crippen molar-refractivity contribution in [2.24, 2.45) is 12.8 Å². The molecule has 0 saturated carbocycles. The number of halogens is 1. The van der Waals surface area contributed by atoms with E-state index in [1.165, 1.54) is 22.8 Å². The van der Waals surface area contributed by atoms with E-state index in [1.54, 1.807) is 30.6 Å². The van der Waals surface area contributed by atoms with Crippen LogP contribution in [0.1, 0.15) is 10.5 Å². The quantitative estimate of drug-likeness (QED) is 0.620. The van der Waals surface area contributed by atoms with E-state index in [9.17, 15) is 9.18 Å². The third-order valence-corrected chi connectivity index (χ3v) is 3.91. The van der Waals surface area contributed by atoms with Gasteiger partial charge in [0.15, 0.2) is 5.65 Å². The highest BCUT2D eigenvalue weighted by atomic mass is 19.1. The number of benzene rings is 1. The Kier molecular flexibility index (Phi) is 3.31. The fourth-order valence-electron chi connectivity index (χ4n) is 2.72. The number of aryl methyl sites for hydroxylation is 1. The third kappa shape index (κ3) is 2.44. The Bertz CT molecular complexity index is 1100. The number of primary amides is 1. The lowest BCUT2D eigenvalue weighted by Crippen LogP contribution is -2.15. The van der Waals surface area contributed by atoms with Crippen molar-refractivity contribution in [1.82, 2.24) is 24.1 Å². The van der Waals surface area contributed by atoms with Crippen LogP contribution in [0.15, 0.2) is 48.9 Å². The zero-order valence-corrected chi connectivity index (χ0v) is 13.2. The van der Waals surface area contributed by atoms with Gasteiger partial charge >= 0.3 is 0 Å². The van der Waals surface area contributed by atoms with Crippen LogP contribution in [0.5, 0.6) is 0 Å². The maximum Gasteiger partial charge on any atom is 0.269 e. The van der Waals surface area contributed by atoms with Gasteiger partial charge in [-0.2, -0.15) is 5.10 Å². The second-order valence-electron chi connectivity index (χ2n) is 5.56. The molecule has 3 heterocycles. The van der Waals surface area contributed by atoms with Crippen LogP contribution in [0.25, 0.3) is 28.3 Å². The van der Waals surface area contributed by atoms with Gasteiger partial charge < -0.3 is 10.3 Å². The van der Waals surface area contributed by atoms with Crippen molar-refractivity contribution in [3.63, 3.8) is 0 Å². The van der Waals surface area contributed by atoms with E-state index < -0.39 is 5.91 Å². The Balaban J connectivity index is 1.91. The number of carbonyl (C=O) groups excluding carboxylic acids is 1. The van der Waals surface area contributed by atoms with Crippen LogP contribution in [0.4, 0.5) is 4.39 Å². The fraction of sp³-hybridized carbons (Fsp3) is 0.0588. The highest BCUT2D eigenvalue weighted by molar-refractivity contribution is 5.91. The Morgan fingerprint density at radius 3 is 2.60 bits per heavy atom. The van der Waals surface area contributed by atoms with E-state index >= 15 is 0 Å². The highest BCUT2D eigenvalue weighted by Gasteiger charge is 2.17. The lowest BCUT2D eigenvalue weighted by atomic mass is 10.1. The Morgan fingerprint density at radius 1 is 1.12 bits per heavy atom. The topological polar surface area (TPSA) is 91.1 Å². The van der Waals surface area contributed by atoms with E-state index in [0.717, 1.165) is 11.3 Å². The number of carbonyl (C=O) groups is 1. The highest BCUT2D eigenvalue weighted by Crippen LogP contribution is 2.29. The molecule has 0 radical (unpaired) electrons. The molecule has 4 rings (SSSR count). The molecule has 124 valence electrons. The number of aromatic nitrogens is 5. The smallest absolute Gasteiger partial charge is 0.269 e. The second-order valence-corrected chi connectivity index (χ2v) is 5.56. The number of rotatable bonds is 3. The molecule has 2 N–H and O–H groups in total. The molecule has 1 aromatic carbocycles. The van der Waals surface area contributed by atoms with Crippen molar-refractivity contribution < 1.29 is 9.18 Å². The average molecular weight is 336 g/mol. The van der Waals surface area contributed by atoms with Crippen LogP contribution in [-0.2, 0) is 7.05 Å². The molecule has 4 aromatic rings. The largest absolute Gasteiger partial charge is 0.364 e. The van der Waals surface area contributed by atoms with E-state index in [4.69, 9.17) is 5.73 Å². The Morgan fingerprint density at radius 2 is 1.88 bits per heavy atom. The minimum atomic E-state index is -0.610. The summed E-state index contributed by atoms with van der Waals surface area (Å²) in [4.78, 5) is 20.0. The van der Waals surface area contributed by atoms with Crippen molar-refractivity contribution in [3.05, 3.63) is 60.4 Å². The molecular formula is C17H13FN6O. The van der Waals surface area contributed by atoms with E-state index in [2.05, 4.69) is 15.1 Å². The first-order valence-electron chi connectivity index (χ1n) is 7.47. The van der Waals surface area contributed by atoms with E-state index in [1.807, 2.05) is 11.6 Å². The standard InChI is InChI=1S/C17H13FN6O/c1-23-9-21-15(10-2-4-11(18)5-3-10)16(23)12-6-7-14-20-8-13(17(19)25)24(14)22-12/h2-9H,1H3,(H2,19,25). The first kappa shape index (κ1) is 15.0. The fourth-order valence-corrected chi connectivity index (χ4v) is 2.72. The number of nitrogens with zero attached hydrogens (tertiary/aromatic N) is 5. The molecule has 0 spiro atoms. The number of amides is 1. The van der Waals surface area contributed by atoms with E-state index in [0.29, 0.717) is 17.0 Å². The summed E-state index contributed by atoms with van der Waals surface area (Å²) in [5, 5.41) is 4.48. The number of hydrogen-bond acceptors (Lipinski definition) is 4. The van der Waals surface area contributed by atoms with Crippen molar-refractivity contribution in [2.45, 2.75) is 0 Å². The van der Waals surface area contributed by atoms with Gasteiger partial charge in [0.1, 0.15) is 17.2 Å². The van der Waals surface area contributed by atoms with Gasteiger partial charge in [0, 0.05) is 12.6 Å². The second kappa shape index (κ2) is 5.52. The molecule has 0 aliphatic rings. The lowest BCUT2D eigenvalue weighted by molar-refractivity contribution is 0.0993. The van der Waals surface area contributed by atoms with Crippen LogP contribution in [-0.4, -0.2) is 30.1 Å². The first-order chi connectivity index (χ1) is 12.0. The monoisotopic (exact) mass is 336 g/mol. The number of imidazole rings is 2. The zero-order chi connectivity index (χ0) is 17.6. The predicted molar refractivity (Wildman–Crippen MR) is 89.1 cm³/mol. The predicted octanol–water partition coefficient (Wildman–Crippen LogP) is 2.03. The molecule has 0 unspecified atom stereocenters. The van der Waals surface area contributed by atoms with Crippen molar-refractivity contribution >= 4 is 11.6 Å². The summed E-state index contributed by atoms with van der Waals surface area (Å²) >= 11 is 0. The molecule has 8 heteroatoms. The molecule has 25 heavy (non-hydrogen) atoms. The summed E-state index contributed by atoms with van der Waals surface area (Å²) < 4.78 is 16.4. The van der Waals surface area contributed by atoms with Crippen LogP contribution in [0, 0.1) is 5.82 Å². The van der Waals surface area contributed by atoms with Crippen LogP contribution < -0.4 is 5.73 Å². The summed E-state index contributed by atoms with van der Waals surface area (Å²) in [6, 6.07) is 9.61. The molecule has 0 fully saturated rings. The summed E-state index contributed by atoms with van der Waals surface area (Å²) in [5.41, 5.74) is 8.83. The van der Waals surface area contributed by atoms with Crippen LogP contribution in [0.2, 0.25) is 0 Å². The van der Waals surface area contributed by atoms with Crippen LogP contribution in [0.3, 0.4) is 0 Å². The Hall–Kier alpha value is -3.55. The van der Waals surface area contributed by atoms with Gasteiger partial charge in [-0.3, -0.25) is 4.79 Å². The summed E-state index contributed by atoms with van der Waals surface area (Å²) in [7, 11) is 1.84. The van der Waals surface area contributed by atoms with Crippen molar-refractivity contribution in [1.29, 1.82) is 0 Å². The average Bonchev–Trinajstić information content (AvgIpc) is 3.18. The minimum Gasteiger partial charge on any atom is -0.364 e. The molecule has 0 aliphatic heterocycles. The van der Waals surface area contributed by atoms with Gasteiger partial charge in [-0.15, -0.1) is 0 Å². The maximum atomic E-state index is 13.2. The van der Waals surface area contributed by atoms with Crippen LogP contribution >= 0.6 is 0 Å². The van der Waals surface area contributed by atoms with Gasteiger partial charge in [-0.1, -0.05) is 0 Å². The normalized spacial score (nSPS) is 11.1.